The number of fused-ring (bicyclic) bond motifs is 1. The second-order valence-corrected chi connectivity index (χ2v) is 5.05. The van der Waals surface area contributed by atoms with Gasteiger partial charge >= 0.3 is 0 Å². The zero-order chi connectivity index (χ0) is 14.8. The molecule has 0 radical (unpaired) electrons. The summed E-state index contributed by atoms with van der Waals surface area (Å²) in [7, 11) is 0. The first kappa shape index (κ1) is 13.4. The molecule has 9 heteroatoms. The Morgan fingerprint density at radius 3 is 3.05 bits per heavy atom. The molecular formula is C12H16N8O. The zero-order valence-corrected chi connectivity index (χ0v) is 11.8. The van der Waals surface area contributed by atoms with Crippen molar-refractivity contribution in [2.24, 2.45) is 0 Å². The van der Waals surface area contributed by atoms with Gasteiger partial charge < -0.3 is 5.32 Å². The summed E-state index contributed by atoms with van der Waals surface area (Å²) in [5.41, 5.74) is 1.25. The molecule has 0 amide bonds. The average Bonchev–Trinajstić information content (AvgIpc) is 3.05. The lowest BCUT2D eigenvalue weighted by molar-refractivity contribution is 0.580. The Morgan fingerprint density at radius 1 is 1.38 bits per heavy atom. The summed E-state index contributed by atoms with van der Waals surface area (Å²) in [6.07, 6.45) is 3.27. The van der Waals surface area contributed by atoms with E-state index in [1.54, 1.807) is 4.68 Å². The predicted octanol–water partition coefficient (Wildman–Crippen LogP) is -0.445. The van der Waals surface area contributed by atoms with E-state index in [1.807, 2.05) is 6.20 Å². The Kier molecular flexibility index (Phi) is 3.48. The second kappa shape index (κ2) is 5.44. The predicted molar refractivity (Wildman–Crippen MR) is 74.7 cm³/mol. The third-order valence-corrected chi connectivity index (χ3v) is 2.92. The van der Waals surface area contributed by atoms with Gasteiger partial charge in [-0.15, -0.1) is 5.10 Å². The van der Waals surface area contributed by atoms with Crippen molar-refractivity contribution in [3.63, 3.8) is 0 Å². The van der Waals surface area contributed by atoms with Gasteiger partial charge in [0.1, 0.15) is 6.33 Å². The first-order chi connectivity index (χ1) is 10.1. The molecule has 3 heterocycles. The summed E-state index contributed by atoms with van der Waals surface area (Å²) in [4.78, 5) is 20.1. The van der Waals surface area contributed by atoms with Crippen molar-refractivity contribution in [2.45, 2.75) is 33.0 Å². The molecule has 0 saturated heterocycles. The van der Waals surface area contributed by atoms with Crippen LogP contribution in [0.5, 0.6) is 0 Å². The molecule has 110 valence electrons. The van der Waals surface area contributed by atoms with Gasteiger partial charge in [0, 0.05) is 18.7 Å². The number of H-pyrrole nitrogens is 1. The first-order valence-electron chi connectivity index (χ1n) is 6.66. The lowest BCUT2D eigenvalue weighted by Crippen LogP contribution is -2.22. The van der Waals surface area contributed by atoms with Crippen molar-refractivity contribution in [1.29, 1.82) is 0 Å². The molecular weight excluding hydrogens is 272 g/mol. The molecule has 0 fully saturated rings. The maximum atomic E-state index is 11.8. The molecule has 9 nitrogen and oxygen atoms in total. The van der Waals surface area contributed by atoms with E-state index in [-0.39, 0.29) is 5.56 Å². The van der Waals surface area contributed by atoms with Crippen LogP contribution in [0.3, 0.4) is 0 Å². The molecule has 0 aromatic carbocycles. The minimum atomic E-state index is -0.200. The average molecular weight is 288 g/mol. The van der Waals surface area contributed by atoms with E-state index >= 15 is 0 Å². The van der Waals surface area contributed by atoms with Crippen molar-refractivity contribution in [3.8, 4) is 0 Å². The lowest BCUT2D eigenvalue weighted by Gasteiger charge is -2.04. The molecule has 0 saturated carbocycles. The van der Waals surface area contributed by atoms with Crippen LogP contribution in [0.15, 0.2) is 23.4 Å². The highest BCUT2D eigenvalue weighted by Crippen LogP contribution is 1.99. The second-order valence-electron chi connectivity index (χ2n) is 5.05. The van der Waals surface area contributed by atoms with Crippen molar-refractivity contribution < 1.29 is 0 Å². The number of nitrogens with zero attached hydrogens (tertiary/aromatic N) is 6. The molecule has 0 aliphatic rings. The smallest absolute Gasteiger partial charge is 0.274 e. The molecule has 0 aliphatic carbocycles. The summed E-state index contributed by atoms with van der Waals surface area (Å²) < 4.78 is 2.94. The number of hydrogen-bond donors (Lipinski definition) is 2. The molecule has 0 spiro atoms. The third kappa shape index (κ3) is 2.97. The van der Waals surface area contributed by atoms with E-state index < -0.39 is 0 Å². The normalized spacial score (nSPS) is 11.6. The van der Waals surface area contributed by atoms with Crippen molar-refractivity contribution >= 4 is 5.78 Å². The van der Waals surface area contributed by atoms with E-state index in [0.717, 1.165) is 5.69 Å². The Morgan fingerprint density at radius 2 is 2.24 bits per heavy atom. The van der Waals surface area contributed by atoms with Crippen molar-refractivity contribution in [3.05, 3.63) is 40.3 Å². The van der Waals surface area contributed by atoms with Gasteiger partial charge in [-0.05, 0) is 0 Å². The minimum Gasteiger partial charge on any atom is -0.309 e. The number of nitrogens with one attached hydrogen (secondary N) is 2. The van der Waals surface area contributed by atoms with Crippen LogP contribution in [-0.4, -0.2) is 40.6 Å². The van der Waals surface area contributed by atoms with Crippen LogP contribution in [0.1, 0.15) is 25.2 Å². The molecule has 0 unspecified atom stereocenters. The van der Waals surface area contributed by atoms with Gasteiger partial charge in [0.25, 0.3) is 11.3 Å². The Bertz CT molecular complexity index is 799. The molecule has 2 N–H and O–H groups in total. The van der Waals surface area contributed by atoms with E-state index in [2.05, 4.69) is 44.5 Å². The van der Waals surface area contributed by atoms with Crippen LogP contribution >= 0.6 is 0 Å². The van der Waals surface area contributed by atoms with Crippen LogP contribution in [0, 0.1) is 0 Å². The van der Waals surface area contributed by atoms with Gasteiger partial charge in [0.05, 0.1) is 24.1 Å². The number of rotatable bonds is 5. The molecule has 3 rings (SSSR count). The highest BCUT2D eigenvalue weighted by molar-refractivity contribution is 5.26. The fraction of sp³-hybridized carbons (Fsp3) is 0.417. The van der Waals surface area contributed by atoms with Crippen LogP contribution < -0.4 is 10.9 Å². The van der Waals surface area contributed by atoms with Gasteiger partial charge in [-0.25, -0.2) is 14.6 Å². The highest BCUT2D eigenvalue weighted by atomic mass is 16.1. The van der Waals surface area contributed by atoms with E-state index in [4.69, 9.17) is 0 Å². The summed E-state index contributed by atoms with van der Waals surface area (Å²) in [6, 6.07) is 1.85. The Balaban J connectivity index is 1.77. The van der Waals surface area contributed by atoms with E-state index in [0.29, 0.717) is 30.6 Å². The maximum Gasteiger partial charge on any atom is 0.274 e. The molecule has 3 aromatic rings. The summed E-state index contributed by atoms with van der Waals surface area (Å²) in [5, 5.41) is 14.1. The Hall–Kier alpha value is -2.55. The quantitative estimate of drug-likeness (QED) is 0.659. The van der Waals surface area contributed by atoms with Gasteiger partial charge in [-0.3, -0.25) is 9.89 Å². The van der Waals surface area contributed by atoms with Crippen LogP contribution in [0.4, 0.5) is 0 Å². The fourth-order valence-corrected chi connectivity index (χ4v) is 1.92. The van der Waals surface area contributed by atoms with E-state index in [1.165, 1.54) is 16.9 Å². The highest BCUT2D eigenvalue weighted by Gasteiger charge is 2.07. The molecule has 21 heavy (non-hydrogen) atoms. The fourth-order valence-electron chi connectivity index (χ4n) is 1.92. The van der Waals surface area contributed by atoms with Gasteiger partial charge in [-0.2, -0.15) is 4.52 Å². The zero-order valence-electron chi connectivity index (χ0n) is 11.8. The van der Waals surface area contributed by atoms with E-state index in [9.17, 15) is 4.79 Å². The molecule has 3 aromatic heterocycles. The minimum absolute atomic E-state index is 0.200. The number of aromatic amines is 1. The topological polar surface area (TPSA) is 106 Å². The number of aromatic nitrogens is 7. The lowest BCUT2D eigenvalue weighted by atomic mass is 10.3. The Labute approximate surface area is 120 Å². The van der Waals surface area contributed by atoms with Gasteiger partial charge in [0.2, 0.25) is 0 Å². The van der Waals surface area contributed by atoms with Crippen molar-refractivity contribution in [2.75, 3.05) is 0 Å². The van der Waals surface area contributed by atoms with Gasteiger partial charge in [0.15, 0.2) is 0 Å². The maximum absolute atomic E-state index is 11.8. The largest absolute Gasteiger partial charge is 0.309 e. The first-order valence-corrected chi connectivity index (χ1v) is 6.66. The molecule has 0 atom stereocenters. The number of hydrogen-bond acceptors (Lipinski definition) is 6. The monoisotopic (exact) mass is 288 g/mol. The standard InChI is InChI=1S/C12H16N8O/c1-8(2)13-4-10-6-19(18-17-10)5-9-3-11(21)20-12(16-9)14-7-15-20/h3,6-8,13H,4-5H2,1-2H3,(H,14,15,16). The van der Waals surface area contributed by atoms with Crippen LogP contribution in [-0.2, 0) is 13.1 Å². The van der Waals surface area contributed by atoms with Crippen LogP contribution in [0.2, 0.25) is 0 Å². The SMILES string of the molecule is CC(C)NCc1cn(Cc2cc(=O)n3[nH]cnc3n2)nn1. The van der Waals surface area contributed by atoms with Gasteiger partial charge in [-0.1, -0.05) is 19.1 Å². The summed E-state index contributed by atoms with van der Waals surface area (Å²) in [6.45, 7) is 5.18. The third-order valence-electron chi connectivity index (χ3n) is 2.92. The molecule has 0 aliphatic heterocycles. The van der Waals surface area contributed by atoms with Crippen molar-refractivity contribution in [1.82, 2.24) is 39.9 Å². The summed E-state index contributed by atoms with van der Waals surface area (Å²) in [5.74, 6) is 0.347. The summed E-state index contributed by atoms with van der Waals surface area (Å²) >= 11 is 0. The van der Waals surface area contributed by atoms with Crippen LogP contribution in [0.25, 0.3) is 5.78 Å². The molecule has 0 bridgehead atoms.